The normalized spacial score (nSPS) is 11.3. The van der Waals surface area contributed by atoms with Crippen molar-refractivity contribution in [3.05, 3.63) is 77.6 Å². The third-order valence-corrected chi connectivity index (χ3v) is 3.65. The molecular formula is C19H12F2N4O. The second kappa shape index (κ2) is 6.72. The van der Waals surface area contributed by atoms with Gasteiger partial charge in [-0.1, -0.05) is 36.4 Å². The highest BCUT2D eigenvalue weighted by atomic mass is 19.1. The average Bonchev–Trinajstić information content (AvgIpc) is 3.05. The first-order valence-electron chi connectivity index (χ1n) is 7.76. The maximum atomic E-state index is 13.7. The van der Waals surface area contributed by atoms with E-state index in [9.17, 15) is 8.78 Å². The van der Waals surface area contributed by atoms with E-state index in [1.165, 1.54) is 12.3 Å². The summed E-state index contributed by atoms with van der Waals surface area (Å²) in [5, 5.41) is 7.68. The second-order valence-corrected chi connectivity index (χ2v) is 5.44. The molecule has 0 amide bonds. The first-order chi connectivity index (χ1) is 12.7. The van der Waals surface area contributed by atoms with E-state index in [0.29, 0.717) is 16.7 Å². The largest absolute Gasteiger partial charge is 0.421 e. The van der Waals surface area contributed by atoms with Crippen molar-refractivity contribution in [3.8, 4) is 11.8 Å². The molecule has 26 heavy (non-hydrogen) atoms. The Morgan fingerprint density at radius 3 is 2.65 bits per heavy atom. The summed E-state index contributed by atoms with van der Waals surface area (Å²) in [4.78, 5) is 8.23. The smallest absolute Gasteiger partial charge is 0.324 e. The molecule has 0 saturated heterocycles. The highest BCUT2D eigenvalue weighted by Crippen LogP contribution is 2.24. The minimum Gasteiger partial charge on any atom is -0.421 e. The van der Waals surface area contributed by atoms with Gasteiger partial charge in [-0.2, -0.15) is 10.1 Å². The van der Waals surface area contributed by atoms with E-state index in [4.69, 9.17) is 4.74 Å². The second-order valence-electron chi connectivity index (χ2n) is 5.44. The fourth-order valence-corrected chi connectivity index (χ4v) is 2.38. The van der Waals surface area contributed by atoms with Crippen LogP contribution < -0.4 is 4.74 Å². The number of ether oxygens (including phenoxy) is 1. The van der Waals surface area contributed by atoms with Crippen molar-refractivity contribution in [1.82, 2.24) is 20.2 Å². The lowest BCUT2D eigenvalue weighted by molar-refractivity contribution is 0.409. The predicted octanol–water partition coefficient (Wildman–Crippen LogP) is 4.59. The molecule has 0 radical (unpaired) electrons. The molecule has 128 valence electrons. The van der Waals surface area contributed by atoms with Gasteiger partial charge in [-0.25, -0.2) is 13.8 Å². The monoisotopic (exact) mass is 350 g/mol. The van der Waals surface area contributed by atoms with E-state index in [1.807, 2.05) is 42.5 Å². The molecule has 7 heteroatoms. The van der Waals surface area contributed by atoms with Gasteiger partial charge in [-0.3, -0.25) is 5.10 Å². The SMILES string of the molecule is Fc1ccc(Oc2ncc3c(C=Cc4ccccc4)n[nH]c3n2)c(F)c1. The standard InChI is InChI=1S/C19H12F2N4O/c20-13-7-9-17(15(21)10-13)26-19-22-11-14-16(24-25-18(14)23-19)8-6-12-4-2-1-3-5-12/h1-11H,(H,22,23,24,25). The first kappa shape index (κ1) is 15.9. The molecule has 0 aliphatic heterocycles. The van der Waals surface area contributed by atoms with Crippen LogP contribution in [-0.2, 0) is 0 Å². The van der Waals surface area contributed by atoms with E-state index in [1.54, 1.807) is 0 Å². The number of nitrogens with zero attached hydrogens (tertiary/aromatic N) is 3. The molecule has 0 atom stereocenters. The van der Waals surface area contributed by atoms with Crippen LogP contribution in [-0.4, -0.2) is 20.2 Å². The van der Waals surface area contributed by atoms with Crippen molar-refractivity contribution in [3.63, 3.8) is 0 Å². The fourth-order valence-electron chi connectivity index (χ4n) is 2.38. The molecule has 2 heterocycles. The lowest BCUT2D eigenvalue weighted by atomic mass is 10.2. The number of nitrogens with one attached hydrogen (secondary N) is 1. The van der Waals surface area contributed by atoms with Gasteiger partial charge in [-0.05, 0) is 23.8 Å². The zero-order chi connectivity index (χ0) is 17.9. The van der Waals surface area contributed by atoms with Crippen molar-refractivity contribution in [2.24, 2.45) is 0 Å². The van der Waals surface area contributed by atoms with Crippen LogP contribution in [0.5, 0.6) is 11.8 Å². The topological polar surface area (TPSA) is 63.7 Å². The summed E-state index contributed by atoms with van der Waals surface area (Å²) in [5.74, 6) is -1.67. The van der Waals surface area contributed by atoms with Gasteiger partial charge in [-0.15, -0.1) is 0 Å². The molecule has 5 nitrogen and oxygen atoms in total. The Bertz CT molecular complexity index is 1090. The first-order valence-corrected chi connectivity index (χ1v) is 7.76. The Labute approximate surface area is 147 Å². The highest BCUT2D eigenvalue weighted by Gasteiger charge is 2.11. The summed E-state index contributed by atoms with van der Waals surface area (Å²) in [6.45, 7) is 0. The third-order valence-electron chi connectivity index (χ3n) is 3.65. The number of aromatic amines is 1. The third kappa shape index (κ3) is 3.27. The van der Waals surface area contributed by atoms with Crippen LogP contribution >= 0.6 is 0 Å². The van der Waals surface area contributed by atoms with Gasteiger partial charge in [0.2, 0.25) is 0 Å². The summed E-state index contributed by atoms with van der Waals surface area (Å²) < 4.78 is 31.9. The lowest BCUT2D eigenvalue weighted by Gasteiger charge is -2.04. The van der Waals surface area contributed by atoms with Crippen molar-refractivity contribution in [2.45, 2.75) is 0 Å². The molecule has 0 spiro atoms. The zero-order valence-corrected chi connectivity index (χ0v) is 13.4. The summed E-state index contributed by atoms with van der Waals surface area (Å²) in [6, 6.07) is 12.7. The Balaban J connectivity index is 1.60. The van der Waals surface area contributed by atoms with Gasteiger partial charge in [0.05, 0.1) is 11.1 Å². The number of benzene rings is 2. The summed E-state index contributed by atoms with van der Waals surface area (Å²) in [7, 11) is 0. The average molecular weight is 350 g/mol. The molecule has 1 N–H and O–H groups in total. The van der Waals surface area contributed by atoms with Crippen LogP contribution in [0.15, 0.2) is 54.7 Å². The van der Waals surface area contributed by atoms with Crippen molar-refractivity contribution in [1.29, 1.82) is 0 Å². The molecule has 0 saturated carbocycles. The number of fused-ring (bicyclic) bond motifs is 1. The molecule has 4 rings (SSSR count). The number of hydrogen-bond donors (Lipinski definition) is 1. The Hall–Kier alpha value is -3.61. The molecule has 0 aliphatic carbocycles. The van der Waals surface area contributed by atoms with Gasteiger partial charge in [0.1, 0.15) is 5.82 Å². The minimum absolute atomic E-state index is 0.0646. The molecule has 0 aliphatic rings. The minimum atomic E-state index is -0.829. The van der Waals surface area contributed by atoms with E-state index in [-0.39, 0.29) is 11.8 Å². The molecule has 2 aromatic carbocycles. The highest BCUT2D eigenvalue weighted by molar-refractivity contribution is 5.86. The molecule has 0 bridgehead atoms. The number of aromatic nitrogens is 4. The van der Waals surface area contributed by atoms with Gasteiger partial charge in [0, 0.05) is 12.3 Å². The fraction of sp³-hybridized carbons (Fsp3) is 0. The maximum Gasteiger partial charge on any atom is 0.324 e. The molecule has 4 aromatic rings. The van der Waals surface area contributed by atoms with Crippen LogP contribution in [0.25, 0.3) is 23.2 Å². The van der Waals surface area contributed by atoms with E-state index in [2.05, 4.69) is 20.2 Å². The Kier molecular flexibility index (Phi) is 4.10. The van der Waals surface area contributed by atoms with Gasteiger partial charge in [0.25, 0.3) is 0 Å². The molecule has 0 fully saturated rings. The van der Waals surface area contributed by atoms with Crippen molar-refractivity contribution < 1.29 is 13.5 Å². The van der Waals surface area contributed by atoms with Crippen LogP contribution in [0.1, 0.15) is 11.3 Å². The predicted molar refractivity (Wildman–Crippen MR) is 93.5 cm³/mol. The van der Waals surface area contributed by atoms with Gasteiger partial charge < -0.3 is 4.74 Å². The van der Waals surface area contributed by atoms with E-state index >= 15 is 0 Å². The van der Waals surface area contributed by atoms with E-state index < -0.39 is 11.6 Å². The number of halogens is 2. The molecule has 2 aromatic heterocycles. The van der Waals surface area contributed by atoms with Gasteiger partial charge >= 0.3 is 6.01 Å². The quantitative estimate of drug-likeness (QED) is 0.584. The Morgan fingerprint density at radius 1 is 1.00 bits per heavy atom. The van der Waals surface area contributed by atoms with Crippen LogP contribution in [0.2, 0.25) is 0 Å². The summed E-state index contributed by atoms with van der Waals surface area (Å²) in [5.41, 5.74) is 2.16. The van der Waals surface area contributed by atoms with E-state index in [0.717, 1.165) is 17.7 Å². The lowest BCUT2D eigenvalue weighted by Crippen LogP contribution is -1.94. The molecule has 0 unspecified atom stereocenters. The number of H-pyrrole nitrogens is 1. The van der Waals surface area contributed by atoms with Crippen molar-refractivity contribution >= 4 is 23.2 Å². The summed E-state index contributed by atoms with van der Waals surface area (Å²) in [6.07, 6.45) is 5.30. The van der Waals surface area contributed by atoms with Gasteiger partial charge in [0.15, 0.2) is 17.2 Å². The van der Waals surface area contributed by atoms with Crippen LogP contribution in [0.3, 0.4) is 0 Å². The number of hydrogen-bond acceptors (Lipinski definition) is 4. The molecular weight excluding hydrogens is 338 g/mol. The summed E-state index contributed by atoms with van der Waals surface area (Å²) >= 11 is 0. The Morgan fingerprint density at radius 2 is 1.85 bits per heavy atom. The van der Waals surface area contributed by atoms with Crippen LogP contribution in [0.4, 0.5) is 8.78 Å². The van der Waals surface area contributed by atoms with Crippen LogP contribution in [0, 0.1) is 11.6 Å². The zero-order valence-electron chi connectivity index (χ0n) is 13.4. The van der Waals surface area contributed by atoms with Crippen molar-refractivity contribution in [2.75, 3.05) is 0 Å². The maximum absolute atomic E-state index is 13.7. The number of rotatable bonds is 4.